The summed E-state index contributed by atoms with van der Waals surface area (Å²) >= 11 is 0. The molecular formula is C26H29N3O3. The van der Waals surface area contributed by atoms with Crippen LogP contribution in [-0.4, -0.2) is 16.2 Å². The first-order chi connectivity index (χ1) is 15.6. The molecule has 1 saturated carbocycles. The molecule has 0 spiro atoms. The van der Waals surface area contributed by atoms with Crippen LogP contribution < -0.4 is 10.6 Å². The highest BCUT2D eigenvalue weighted by molar-refractivity contribution is 5.69. The molecule has 1 atom stereocenters. The van der Waals surface area contributed by atoms with E-state index in [2.05, 4.69) is 15.6 Å². The third-order valence-electron chi connectivity index (χ3n) is 6.13. The second-order valence-corrected chi connectivity index (χ2v) is 8.32. The number of phenolic OH excluding ortho intramolecular Hbond substituents is 1. The summed E-state index contributed by atoms with van der Waals surface area (Å²) in [5, 5.41) is 16.2. The highest BCUT2D eigenvalue weighted by Crippen LogP contribution is 2.38. The number of aromatic nitrogens is 1. The van der Waals surface area contributed by atoms with E-state index in [-0.39, 0.29) is 11.9 Å². The van der Waals surface area contributed by atoms with Gasteiger partial charge in [0.15, 0.2) is 0 Å². The lowest BCUT2D eigenvalue weighted by molar-refractivity contribution is 0.0958. The molecule has 1 aliphatic carbocycles. The lowest BCUT2D eigenvalue weighted by Gasteiger charge is -2.30. The third-order valence-corrected chi connectivity index (χ3v) is 6.13. The molecule has 166 valence electrons. The van der Waals surface area contributed by atoms with Crippen LogP contribution in [0.15, 0.2) is 73.1 Å². The van der Waals surface area contributed by atoms with Crippen molar-refractivity contribution in [1.29, 1.82) is 0 Å². The molecule has 1 fully saturated rings. The molecule has 6 nitrogen and oxygen atoms in total. The predicted octanol–water partition coefficient (Wildman–Crippen LogP) is 5.66. The van der Waals surface area contributed by atoms with Crippen molar-refractivity contribution >= 4 is 11.8 Å². The van der Waals surface area contributed by atoms with Gasteiger partial charge in [0, 0.05) is 18.9 Å². The fourth-order valence-electron chi connectivity index (χ4n) is 4.29. The van der Waals surface area contributed by atoms with Gasteiger partial charge >= 0.3 is 6.09 Å². The molecule has 1 aromatic heterocycles. The SMILES string of the molecule is C[C@H](OC(=O)NC1(c2cccnc2)CCCC1)c1ccc(CNc2ccccc2O)cc1. The highest BCUT2D eigenvalue weighted by Gasteiger charge is 2.38. The minimum atomic E-state index is -0.409. The molecule has 0 aliphatic heterocycles. The van der Waals surface area contributed by atoms with Crippen molar-refractivity contribution in [2.24, 2.45) is 0 Å². The van der Waals surface area contributed by atoms with E-state index in [1.807, 2.05) is 61.7 Å². The van der Waals surface area contributed by atoms with Gasteiger partial charge in [0.2, 0.25) is 0 Å². The number of ether oxygens (including phenoxy) is 1. The Balaban J connectivity index is 1.34. The lowest BCUT2D eigenvalue weighted by Crippen LogP contribution is -2.44. The topological polar surface area (TPSA) is 83.5 Å². The minimum absolute atomic E-state index is 0.225. The quantitative estimate of drug-likeness (QED) is 0.421. The summed E-state index contributed by atoms with van der Waals surface area (Å²) in [5.74, 6) is 0.225. The van der Waals surface area contributed by atoms with E-state index < -0.39 is 11.6 Å². The summed E-state index contributed by atoms with van der Waals surface area (Å²) in [4.78, 5) is 17.0. The largest absolute Gasteiger partial charge is 0.506 e. The highest BCUT2D eigenvalue weighted by atomic mass is 16.6. The number of carbonyl (C=O) groups is 1. The molecule has 0 bridgehead atoms. The zero-order valence-corrected chi connectivity index (χ0v) is 18.3. The molecule has 32 heavy (non-hydrogen) atoms. The molecule has 3 aromatic rings. The maximum absolute atomic E-state index is 12.7. The Morgan fingerprint density at radius 2 is 1.84 bits per heavy atom. The molecule has 0 saturated heterocycles. The van der Waals surface area contributed by atoms with Gasteiger partial charge in [-0.15, -0.1) is 0 Å². The van der Waals surface area contributed by atoms with Crippen LogP contribution in [-0.2, 0) is 16.8 Å². The van der Waals surface area contributed by atoms with Crippen molar-refractivity contribution in [1.82, 2.24) is 10.3 Å². The van der Waals surface area contributed by atoms with E-state index >= 15 is 0 Å². The van der Waals surface area contributed by atoms with Crippen LogP contribution in [0, 0.1) is 0 Å². The fourth-order valence-corrected chi connectivity index (χ4v) is 4.29. The van der Waals surface area contributed by atoms with Crippen LogP contribution in [0.1, 0.15) is 55.4 Å². The second-order valence-electron chi connectivity index (χ2n) is 8.32. The number of rotatable bonds is 7. The number of hydrogen-bond donors (Lipinski definition) is 3. The number of benzene rings is 2. The van der Waals surface area contributed by atoms with Gasteiger partial charge in [-0.1, -0.05) is 55.3 Å². The molecule has 0 unspecified atom stereocenters. The number of hydrogen-bond acceptors (Lipinski definition) is 5. The summed E-state index contributed by atoms with van der Waals surface area (Å²) in [6.45, 7) is 2.46. The summed E-state index contributed by atoms with van der Waals surface area (Å²) < 4.78 is 5.71. The molecule has 3 N–H and O–H groups in total. The Bertz CT molecular complexity index is 1030. The molecule has 1 heterocycles. The predicted molar refractivity (Wildman–Crippen MR) is 124 cm³/mol. The zero-order valence-electron chi connectivity index (χ0n) is 18.3. The van der Waals surface area contributed by atoms with Crippen LogP contribution in [0.25, 0.3) is 0 Å². The third kappa shape index (κ3) is 5.02. The first kappa shape index (κ1) is 21.7. The first-order valence-corrected chi connectivity index (χ1v) is 11.1. The van der Waals surface area contributed by atoms with Gasteiger partial charge < -0.3 is 20.5 Å². The van der Waals surface area contributed by atoms with Crippen molar-refractivity contribution in [2.45, 2.75) is 50.8 Å². The molecule has 0 radical (unpaired) electrons. The summed E-state index contributed by atoms with van der Waals surface area (Å²) in [6.07, 6.45) is 6.71. The Kier molecular flexibility index (Phi) is 6.59. The van der Waals surface area contributed by atoms with Gasteiger partial charge in [0.05, 0.1) is 11.2 Å². The van der Waals surface area contributed by atoms with Crippen LogP contribution in [0.5, 0.6) is 5.75 Å². The maximum atomic E-state index is 12.7. The van der Waals surface area contributed by atoms with Gasteiger partial charge in [0.1, 0.15) is 11.9 Å². The lowest BCUT2D eigenvalue weighted by atomic mass is 9.89. The van der Waals surface area contributed by atoms with Gasteiger partial charge in [-0.2, -0.15) is 0 Å². The number of alkyl carbamates (subject to hydrolysis) is 1. The van der Waals surface area contributed by atoms with Gasteiger partial charge in [-0.3, -0.25) is 4.98 Å². The van der Waals surface area contributed by atoms with Crippen molar-refractivity contribution in [3.05, 3.63) is 89.7 Å². The van der Waals surface area contributed by atoms with Crippen molar-refractivity contribution in [2.75, 3.05) is 5.32 Å². The molecule has 2 aromatic carbocycles. The normalized spacial score (nSPS) is 15.7. The Morgan fingerprint density at radius 1 is 1.09 bits per heavy atom. The number of nitrogens with zero attached hydrogens (tertiary/aromatic N) is 1. The van der Waals surface area contributed by atoms with E-state index in [0.29, 0.717) is 12.2 Å². The number of nitrogens with one attached hydrogen (secondary N) is 2. The standard InChI is InChI=1S/C26H29N3O3/c1-19(21-12-10-20(11-13-21)17-28-23-8-2-3-9-24(23)30)32-25(31)29-26(14-4-5-15-26)22-7-6-16-27-18-22/h2-3,6-13,16,18-19,28,30H,4-5,14-15,17H2,1H3,(H,29,31)/t19-/m0/s1. The van der Waals surface area contributed by atoms with Crippen LogP contribution in [0.3, 0.4) is 0 Å². The van der Waals surface area contributed by atoms with Crippen molar-refractivity contribution < 1.29 is 14.6 Å². The number of amides is 1. The monoisotopic (exact) mass is 431 g/mol. The Labute approximate surface area is 188 Å². The zero-order chi connectivity index (χ0) is 22.4. The Morgan fingerprint density at radius 3 is 2.53 bits per heavy atom. The molecule has 4 rings (SSSR count). The van der Waals surface area contributed by atoms with E-state index in [4.69, 9.17) is 4.74 Å². The summed E-state index contributed by atoms with van der Waals surface area (Å²) in [6, 6.07) is 19.0. The van der Waals surface area contributed by atoms with Gasteiger partial charge in [-0.25, -0.2) is 4.79 Å². The summed E-state index contributed by atoms with van der Waals surface area (Å²) in [7, 11) is 0. The van der Waals surface area contributed by atoms with Crippen LogP contribution in [0.4, 0.5) is 10.5 Å². The number of pyridine rings is 1. The number of aromatic hydroxyl groups is 1. The van der Waals surface area contributed by atoms with E-state index in [0.717, 1.165) is 42.4 Å². The van der Waals surface area contributed by atoms with Crippen LogP contribution >= 0.6 is 0 Å². The molecule has 1 amide bonds. The number of anilines is 1. The average Bonchev–Trinajstić information content (AvgIpc) is 3.29. The number of carbonyl (C=O) groups excluding carboxylic acids is 1. The molecule has 1 aliphatic rings. The van der Waals surface area contributed by atoms with Gasteiger partial charge in [0.25, 0.3) is 0 Å². The average molecular weight is 432 g/mol. The number of phenols is 1. The molecule has 6 heteroatoms. The Hall–Kier alpha value is -3.54. The molecular weight excluding hydrogens is 402 g/mol. The van der Waals surface area contributed by atoms with Crippen LogP contribution in [0.2, 0.25) is 0 Å². The first-order valence-electron chi connectivity index (χ1n) is 11.1. The smallest absolute Gasteiger partial charge is 0.408 e. The van der Waals surface area contributed by atoms with E-state index in [1.165, 1.54) is 0 Å². The van der Waals surface area contributed by atoms with E-state index in [9.17, 15) is 9.90 Å². The van der Waals surface area contributed by atoms with Gasteiger partial charge in [-0.05, 0) is 54.7 Å². The minimum Gasteiger partial charge on any atom is -0.506 e. The second kappa shape index (κ2) is 9.73. The van der Waals surface area contributed by atoms with Crippen molar-refractivity contribution in [3.63, 3.8) is 0 Å². The van der Waals surface area contributed by atoms with Crippen molar-refractivity contribution in [3.8, 4) is 5.75 Å². The summed E-state index contributed by atoms with van der Waals surface area (Å²) in [5.41, 5.74) is 3.31. The fraction of sp³-hybridized carbons (Fsp3) is 0.308. The van der Waals surface area contributed by atoms with E-state index in [1.54, 1.807) is 18.3 Å². The number of para-hydroxylation sites is 2. The maximum Gasteiger partial charge on any atom is 0.408 e.